The van der Waals surface area contributed by atoms with Crippen LogP contribution in [-0.4, -0.2) is 61.7 Å². The van der Waals surface area contributed by atoms with Gasteiger partial charge in [-0.3, -0.25) is 4.79 Å². The first-order valence-electron chi connectivity index (χ1n) is 7.46. The van der Waals surface area contributed by atoms with E-state index in [1.54, 1.807) is 9.80 Å². The van der Waals surface area contributed by atoms with Gasteiger partial charge in [0.25, 0.3) is 0 Å². The fourth-order valence-corrected chi connectivity index (χ4v) is 2.42. The standard InChI is InChI=1S/C16H22N2O4/c1-3-22-14-6-4-13(5-7-14)12-15(19)17-8-10-18(11-9-17)16(20)21-2/h4-7H,3,8-12H2,1-2H3. The summed E-state index contributed by atoms with van der Waals surface area (Å²) in [5.74, 6) is 0.888. The summed E-state index contributed by atoms with van der Waals surface area (Å²) in [6.07, 6.45) is 0.0311. The van der Waals surface area contributed by atoms with Gasteiger partial charge in [-0.15, -0.1) is 0 Å². The zero-order valence-corrected chi connectivity index (χ0v) is 13.1. The highest BCUT2D eigenvalue weighted by Gasteiger charge is 2.24. The van der Waals surface area contributed by atoms with Crippen molar-refractivity contribution in [1.29, 1.82) is 0 Å². The first-order chi connectivity index (χ1) is 10.6. The highest BCUT2D eigenvalue weighted by Crippen LogP contribution is 2.14. The minimum absolute atomic E-state index is 0.0775. The maximum absolute atomic E-state index is 12.3. The number of carbonyl (C=O) groups excluding carboxylic acids is 2. The maximum Gasteiger partial charge on any atom is 0.409 e. The molecule has 120 valence electrons. The fraction of sp³-hybridized carbons (Fsp3) is 0.500. The van der Waals surface area contributed by atoms with Crippen LogP contribution in [0.4, 0.5) is 4.79 Å². The first-order valence-corrected chi connectivity index (χ1v) is 7.46. The molecule has 0 atom stereocenters. The Morgan fingerprint density at radius 3 is 2.18 bits per heavy atom. The van der Waals surface area contributed by atoms with E-state index < -0.39 is 0 Å². The predicted octanol–water partition coefficient (Wildman–Crippen LogP) is 1.54. The van der Waals surface area contributed by atoms with Gasteiger partial charge >= 0.3 is 6.09 Å². The normalized spacial score (nSPS) is 14.6. The third-order valence-electron chi connectivity index (χ3n) is 3.65. The number of benzene rings is 1. The van der Waals surface area contributed by atoms with Crippen molar-refractivity contribution in [3.63, 3.8) is 0 Å². The van der Waals surface area contributed by atoms with Gasteiger partial charge in [0.05, 0.1) is 20.1 Å². The Morgan fingerprint density at radius 1 is 1.05 bits per heavy atom. The molecule has 0 aromatic heterocycles. The third-order valence-corrected chi connectivity index (χ3v) is 3.65. The van der Waals surface area contributed by atoms with Crippen molar-refractivity contribution in [2.24, 2.45) is 0 Å². The van der Waals surface area contributed by atoms with Crippen molar-refractivity contribution in [1.82, 2.24) is 9.80 Å². The number of methoxy groups -OCH3 is 1. The summed E-state index contributed by atoms with van der Waals surface area (Å²) < 4.78 is 10.1. The van der Waals surface area contributed by atoms with Crippen LogP contribution in [0, 0.1) is 0 Å². The van der Waals surface area contributed by atoms with E-state index in [9.17, 15) is 9.59 Å². The number of carbonyl (C=O) groups is 2. The second-order valence-electron chi connectivity index (χ2n) is 5.09. The zero-order chi connectivity index (χ0) is 15.9. The van der Waals surface area contributed by atoms with Crippen LogP contribution in [0.3, 0.4) is 0 Å². The van der Waals surface area contributed by atoms with Crippen LogP contribution in [0.1, 0.15) is 12.5 Å². The van der Waals surface area contributed by atoms with Crippen LogP contribution < -0.4 is 4.74 Å². The molecule has 2 rings (SSSR count). The number of amides is 2. The second kappa shape index (κ2) is 7.68. The summed E-state index contributed by atoms with van der Waals surface area (Å²) in [5.41, 5.74) is 0.962. The highest BCUT2D eigenvalue weighted by atomic mass is 16.5. The van der Waals surface area contributed by atoms with Gasteiger partial charge in [-0.25, -0.2) is 4.79 Å². The number of hydrogen-bond donors (Lipinski definition) is 0. The summed E-state index contributed by atoms with van der Waals surface area (Å²) in [5, 5.41) is 0. The number of nitrogens with zero attached hydrogens (tertiary/aromatic N) is 2. The molecule has 0 aliphatic carbocycles. The smallest absolute Gasteiger partial charge is 0.409 e. The van der Waals surface area contributed by atoms with Gasteiger partial charge in [0.15, 0.2) is 0 Å². The van der Waals surface area contributed by atoms with Gasteiger partial charge < -0.3 is 19.3 Å². The predicted molar refractivity (Wildman–Crippen MR) is 81.9 cm³/mol. The van der Waals surface area contributed by atoms with Crippen LogP contribution >= 0.6 is 0 Å². The van der Waals surface area contributed by atoms with Crippen molar-refractivity contribution in [3.05, 3.63) is 29.8 Å². The van der Waals surface area contributed by atoms with E-state index in [0.29, 0.717) is 39.2 Å². The average Bonchev–Trinajstić information content (AvgIpc) is 2.56. The van der Waals surface area contributed by atoms with Crippen LogP contribution in [0.5, 0.6) is 5.75 Å². The summed E-state index contributed by atoms with van der Waals surface area (Å²) in [7, 11) is 1.37. The number of piperazine rings is 1. The largest absolute Gasteiger partial charge is 0.494 e. The first kappa shape index (κ1) is 16.1. The molecule has 1 aromatic carbocycles. The quantitative estimate of drug-likeness (QED) is 0.846. The maximum atomic E-state index is 12.3. The van der Waals surface area contributed by atoms with E-state index in [0.717, 1.165) is 11.3 Å². The van der Waals surface area contributed by atoms with E-state index >= 15 is 0 Å². The van der Waals surface area contributed by atoms with Gasteiger partial charge in [0.1, 0.15) is 5.75 Å². The molecule has 22 heavy (non-hydrogen) atoms. The lowest BCUT2D eigenvalue weighted by molar-refractivity contribution is -0.132. The van der Waals surface area contributed by atoms with Crippen LogP contribution in [0.25, 0.3) is 0 Å². The van der Waals surface area contributed by atoms with Gasteiger partial charge in [-0.1, -0.05) is 12.1 Å². The Bertz CT molecular complexity index is 507. The molecule has 0 spiro atoms. The summed E-state index contributed by atoms with van der Waals surface area (Å²) in [6, 6.07) is 7.57. The van der Waals surface area contributed by atoms with Crippen molar-refractivity contribution in [2.45, 2.75) is 13.3 Å². The molecule has 0 saturated carbocycles. The Balaban J connectivity index is 1.84. The van der Waals surface area contributed by atoms with E-state index in [-0.39, 0.29) is 12.0 Å². The molecule has 1 aliphatic heterocycles. The molecule has 1 heterocycles. The van der Waals surface area contributed by atoms with E-state index in [1.165, 1.54) is 7.11 Å². The molecular formula is C16H22N2O4. The summed E-state index contributed by atoms with van der Waals surface area (Å²) >= 11 is 0. The van der Waals surface area contributed by atoms with Gasteiger partial charge in [-0.2, -0.15) is 0 Å². The summed E-state index contributed by atoms with van der Waals surface area (Å²) in [4.78, 5) is 27.1. The molecule has 1 aromatic rings. The van der Waals surface area contributed by atoms with Crippen molar-refractivity contribution in [2.75, 3.05) is 39.9 Å². The number of rotatable bonds is 4. The molecule has 1 fully saturated rings. The lowest BCUT2D eigenvalue weighted by Crippen LogP contribution is -2.50. The number of hydrogen-bond acceptors (Lipinski definition) is 4. The van der Waals surface area contributed by atoms with E-state index in [1.807, 2.05) is 31.2 Å². The van der Waals surface area contributed by atoms with Crippen LogP contribution in [-0.2, 0) is 16.0 Å². The lowest BCUT2D eigenvalue weighted by atomic mass is 10.1. The third kappa shape index (κ3) is 4.13. The van der Waals surface area contributed by atoms with Crippen molar-refractivity contribution in [3.8, 4) is 5.75 Å². The molecule has 0 radical (unpaired) electrons. The van der Waals surface area contributed by atoms with Crippen LogP contribution in [0.15, 0.2) is 24.3 Å². The SMILES string of the molecule is CCOc1ccc(CC(=O)N2CCN(C(=O)OC)CC2)cc1. The van der Waals surface area contributed by atoms with Gasteiger partial charge in [0, 0.05) is 26.2 Å². The Hall–Kier alpha value is -2.24. The topological polar surface area (TPSA) is 59.1 Å². The molecule has 0 unspecified atom stereocenters. The minimum atomic E-state index is -0.335. The fourth-order valence-electron chi connectivity index (χ4n) is 2.42. The monoisotopic (exact) mass is 306 g/mol. The molecule has 0 N–H and O–H groups in total. The van der Waals surface area contributed by atoms with Crippen molar-refractivity contribution >= 4 is 12.0 Å². The zero-order valence-electron chi connectivity index (χ0n) is 13.1. The van der Waals surface area contributed by atoms with E-state index in [2.05, 4.69) is 4.74 Å². The molecule has 2 amide bonds. The highest BCUT2D eigenvalue weighted by molar-refractivity contribution is 5.79. The Morgan fingerprint density at radius 2 is 1.64 bits per heavy atom. The van der Waals surface area contributed by atoms with Crippen LogP contribution in [0.2, 0.25) is 0 Å². The Kier molecular flexibility index (Phi) is 5.63. The molecule has 6 nitrogen and oxygen atoms in total. The number of ether oxygens (including phenoxy) is 2. The average molecular weight is 306 g/mol. The molecular weight excluding hydrogens is 284 g/mol. The molecule has 1 aliphatic rings. The Labute approximate surface area is 130 Å². The van der Waals surface area contributed by atoms with Crippen molar-refractivity contribution < 1.29 is 19.1 Å². The molecule has 1 saturated heterocycles. The lowest BCUT2D eigenvalue weighted by Gasteiger charge is -2.33. The second-order valence-corrected chi connectivity index (χ2v) is 5.09. The molecule has 0 bridgehead atoms. The minimum Gasteiger partial charge on any atom is -0.494 e. The molecule has 6 heteroatoms. The van der Waals surface area contributed by atoms with Gasteiger partial charge in [0.2, 0.25) is 5.91 Å². The van der Waals surface area contributed by atoms with Gasteiger partial charge in [-0.05, 0) is 24.6 Å². The van der Waals surface area contributed by atoms with E-state index in [4.69, 9.17) is 4.74 Å². The summed E-state index contributed by atoms with van der Waals surface area (Å²) in [6.45, 7) is 4.69.